The van der Waals surface area contributed by atoms with Gasteiger partial charge in [-0.2, -0.15) is 13.9 Å². The number of halogens is 3. The first-order chi connectivity index (χ1) is 5.95. The fourth-order valence-electron chi connectivity index (χ4n) is 0.691. The molecule has 0 radical (unpaired) electrons. The van der Waals surface area contributed by atoms with Crippen LogP contribution in [0.3, 0.4) is 0 Å². The number of alkyl halides is 2. The van der Waals surface area contributed by atoms with Crippen LogP contribution in [0.5, 0.6) is 0 Å². The lowest BCUT2D eigenvalue weighted by Crippen LogP contribution is -2.07. The molecule has 0 aliphatic rings. The summed E-state index contributed by atoms with van der Waals surface area (Å²) in [7, 11) is 0. The van der Waals surface area contributed by atoms with Crippen LogP contribution < -0.4 is 0 Å². The lowest BCUT2D eigenvalue weighted by Gasteiger charge is -2.04. The van der Waals surface area contributed by atoms with Crippen LogP contribution in [0.15, 0.2) is 6.07 Å². The smallest absolute Gasteiger partial charge is 0.276 e. The Morgan fingerprint density at radius 1 is 1.69 bits per heavy atom. The van der Waals surface area contributed by atoms with Crippen LogP contribution in [0, 0.1) is 0 Å². The average Bonchev–Trinajstić information content (AvgIpc) is 2.50. The normalized spacial score (nSPS) is 11.4. The molecule has 0 saturated heterocycles. The summed E-state index contributed by atoms with van der Waals surface area (Å²) in [5.74, 6) is -4.56. The third-order valence-electron chi connectivity index (χ3n) is 1.33. The molecule has 1 aromatic rings. The number of nitrogens with one attached hydrogen (secondary N) is 1. The molecule has 1 rings (SSSR count). The Morgan fingerprint density at radius 2 is 2.31 bits per heavy atom. The number of hydrogen-bond donors (Lipinski definition) is 1. The summed E-state index contributed by atoms with van der Waals surface area (Å²) in [5, 5.41) is 5.03. The maximum absolute atomic E-state index is 12.5. The van der Waals surface area contributed by atoms with Gasteiger partial charge in [-0.05, 0) is 0 Å². The van der Waals surface area contributed by atoms with Gasteiger partial charge in [-0.25, -0.2) is 9.74 Å². The highest BCUT2D eigenvalue weighted by atomic mass is 19.3. The van der Waals surface area contributed by atoms with Crippen LogP contribution in [0.4, 0.5) is 13.3 Å². The third kappa shape index (κ3) is 1.98. The molecule has 0 unspecified atom stereocenters. The Morgan fingerprint density at radius 3 is 2.69 bits per heavy atom. The summed E-state index contributed by atoms with van der Waals surface area (Å²) in [6, 6.07) is 0.724. The van der Waals surface area contributed by atoms with E-state index in [9.17, 15) is 18.1 Å². The van der Waals surface area contributed by atoms with Gasteiger partial charge in [0.1, 0.15) is 5.69 Å². The zero-order valence-electron chi connectivity index (χ0n) is 6.47. The van der Waals surface area contributed by atoms with Crippen molar-refractivity contribution in [3.05, 3.63) is 17.5 Å². The van der Waals surface area contributed by atoms with Crippen molar-refractivity contribution in [2.45, 2.75) is 12.8 Å². The molecule has 0 fully saturated rings. The number of aromatic amines is 1. The van der Waals surface area contributed by atoms with E-state index >= 15 is 0 Å². The molecule has 7 heteroatoms. The number of nitrogens with zero attached hydrogens (tertiary/aromatic N) is 1. The Balaban J connectivity index is 2.93. The first-order valence-electron chi connectivity index (χ1n) is 3.22. The number of carbonyl (C=O) groups is 1. The van der Waals surface area contributed by atoms with Crippen molar-refractivity contribution >= 4 is 5.97 Å². The molecule has 1 aromatic heterocycles. The second-order valence-electron chi connectivity index (χ2n) is 2.42. The Kier molecular flexibility index (Phi) is 2.26. The summed E-state index contributed by atoms with van der Waals surface area (Å²) in [6.45, 7) is 0.616. The fraction of sp³-hybridized carbons (Fsp3) is 0.333. The van der Waals surface area contributed by atoms with Gasteiger partial charge in [-0.1, -0.05) is 0 Å². The molecule has 0 saturated carbocycles. The summed E-state index contributed by atoms with van der Waals surface area (Å²) < 4.78 is 36.3. The summed E-state index contributed by atoms with van der Waals surface area (Å²) in [4.78, 5) is 13.2. The van der Waals surface area contributed by atoms with Gasteiger partial charge in [0, 0.05) is 17.5 Å². The van der Waals surface area contributed by atoms with Gasteiger partial charge in [-0.3, -0.25) is 5.10 Å². The molecule has 0 atom stereocenters. The second-order valence-corrected chi connectivity index (χ2v) is 2.42. The van der Waals surface area contributed by atoms with E-state index < -0.39 is 23.3 Å². The van der Waals surface area contributed by atoms with E-state index in [0.717, 1.165) is 6.07 Å². The Labute approximate surface area is 70.6 Å². The molecule has 0 spiro atoms. The fourth-order valence-corrected chi connectivity index (χ4v) is 0.691. The van der Waals surface area contributed by atoms with Crippen molar-refractivity contribution in [2.75, 3.05) is 0 Å². The molecule has 1 heterocycles. The van der Waals surface area contributed by atoms with E-state index in [2.05, 4.69) is 10.0 Å². The van der Waals surface area contributed by atoms with Gasteiger partial charge < -0.3 is 0 Å². The van der Waals surface area contributed by atoms with Crippen LogP contribution in [-0.2, 0) is 10.9 Å². The van der Waals surface area contributed by atoms with Crippen LogP contribution in [0.25, 0.3) is 0 Å². The molecule has 13 heavy (non-hydrogen) atoms. The van der Waals surface area contributed by atoms with Crippen molar-refractivity contribution < 1.29 is 23.0 Å². The van der Waals surface area contributed by atoms with E-state index in [1.807, 2.05) is 5.10 Å². The van der Waals surface area contributed by atoms with Crippen LogP contribution in [0.2, 0.25) is 0 Å². The van der Waals surface area contributed by atoms with Crippen molar-refractivity contribution in [1.82, 2.24) is 10.2 Å². The summed E-state index contributed by atoms with van der Waals surface area (Å²) in [5.41, 5.74) is -1.10. The topological polar surface area (TPSA) is 55.0 Å². The summed E-state index contributed by atoms with van der Waals surface area (Å²) >= 11 is 0. The zero-order valence-corrected chi connectivity index (χ0v) is 6.47. The van der Waals surface area contributed by atoms with Crippen LogP contribution in [-0.4, -0.2) is 16.2 Å². The maximum Gasteiger partial charge on any atom is 0.399 e. The third-order valence-corrected chi connectivity index (χ3v) is 1.33. The van der Waals surface area contributed by atoms with E-state index in [1.165, 1.54) is 0 Å². The number of aromatic nitrogens is 2. The van der Waals surface area contributed by atoms with Gasteiger partial charge in [0.15, 0.2) is 5.69 Å². The first kappa shape index (κ1) is 9.56. The largest absolute Gasteiger partial charge is 0.399 e. The average molecular weight is 194 g/mol. The highest BCUT2D eigenvalue weighted by molar-refractivity contribution is 5.86. The minimum absolute atomic E-state index is 0.529. The van der Waals surface area contributed by atoms with E-state index in [-0.39, 0.29) is 0 Å². The van der Waals surface area contributed by atoms with Gasteiger partial charge in [-0.15, -0.1) is 0 Å². The van der Waals surface area contributed by atoms with Crippen molar-refractivity contribution in [3.8, 4) is 0 Å². The number of rotatable bonds is 2. The van der Waals surface area contributed by atoms with Crippen molar-refractivity contribution in [1.29, 1.82) is 0 Å². The Bertz CT molecular complexity index is 318. The first-order valence-corrected chi connectivity index (χ1v) is 3.22. The zero-order chi connectivity index (χ0) is 10.1. The van der Waals surface area contributed by atoms with Crippen molar-refractivity contribution in [3.63, 3.8) is 0 Å². The SMILES string of the molecule is CC(F)(F)c1cc(C(=O)OF)n[nH]1. The second kappa shape index (κ2) is 3.08. The molecular weight excluding hydrogens is 189 g/mol. The van der Waals surface area contributed by atoms with Gasteiger partial charge in [0.2, 0.25) is 0 Å². The van der Waals surface area contributed by atoms with Crippen LogP contribution in [0.1, 0.15) is 23.1 Å². The Hall–Kier alpha value is -1.53. The minimum Gasteiger partial charge on any atom is -0.276 e. The van der Waals surface area contributed by atoms with Gasteiger partial charge >= 0.3 is 5.97 Å². The lowest BCUT2D eigenvalue weighted by atomic mass is 10.2. The van der Waals surface area contributed by atoms with Crippen molar-refractivity contribution in [2.24, 2.45) is 0 Å². The molecule has 0 bridgehead atoms. The lowest BCUT2D eigenvalue weighted by molar-refractivity contribution is -0.0793. The van der Waals surface area contributed by atoms with Crippen LogP contribution >= 0.6 is 0 Å². The highest BCUT2D eigenvalue weighted by Crippen LogP contribution is 2.25. The number of hydrogen-bond acceptors (Lipinski definition) is 3. The molecule has 0 amide bonds. The molecule has 4 nitrogen and oxygen atoms in total. The van der Waals surface area contributed by atoms with Gasteiger partial charge in [0.05, 0.1) is 0 Å². The standard InChI is InChI=1S/C6H5F3N2O2/c1-6(7,8)4-2-3(10-11-4)5(12)13-9/h2H,1H3,(H,10,11). The number of H-pyrrole nitrogens is 1. The molecule has 1 N–H and O–H groups in total. The summed E-state index contributed by atoms with van der Waals surface area (Å²) in [6.07, 6.45) is 0. The molecule has 72 valence electrons. The molecule has 0 aliphatic heterocycles. The quantitative estimate of drug-likeness (QED) is 0.777. The van der Waals surface area contributed by atoms with E-state index in [0.29, 0.717) is 6.92 Å². The molecular formula is C6H5F3N2O2. The van der Waals surface area contributed by atoms with E-state index in [4.69, 9.17) is 0 Å². The predicted molar refractivity (Wildman–Crippen MR) is 34.7 cm³/mol. The molecule has 0 aliphatic carbocycles. The van der Waals surface area contributed by atoms with E-state index in [1.54, 1.807) is 0 Å². The minimum atomic E-state index is -3.15. The number of carbonyl (C=O) groups excluding carboxylic acids is 1. The highest BCUT2D eigenvalue weighted by Gasteiger charge is 2.28. The monoisotopic (exact) mass is 194 g/mol. The maximum atomic E-state index is 12.5. The van der Waals surface area contributed by atoms with Gasteiger partial charge in [0.25, 0.3) is 5.92 Å². The molecule has 0 aromatic carbocycles. The predicted octanol–water partition coefficient (Wildman–Crippen LogP) is 1.56.